The van der Waals surface area contributed by atoms with Gasteiger partial charge in [0.15, 0.2) is 0 Å². The number of benzene rings is 2. The Morgan fingerprint density at radius 3 is 2.36 bits per heavy atom. The highest BCUT2D eigenvalue weighted by Gasteiger charge is 2.23. The van der Waals surface area contributed by atoms with Crippen LogP contribution < -0.4 is 0 Å². The third-order valence-electron chi connectivity index (χ3n) is 6.50. The van der Waals surface area contributed by atoms with Gasteiger partial charge in [-0.15, -0.1) is 0 Å². The molecule has 1 atom stereocenters. The van der Waals surface area contributed by atoms with E-state index in [9.17, 15) is 0 Å². The van der Waals surface area contributed by atoms with Crippen molar-refractivity contribution in [3.63, 3.8) is 0 Å². The van der Waals surface area contributed by atoms with Crippen LogP contribution in [-0.4, -0.2) is 0 Å². The third-order valence-corrected chi connectivity index (χ3v) is 6.50. The minimum Gasteiger partial charge on any atom is -0.0654 e. The van der Waals surface area contributed by atoms with Crippen LogP contribution in [-0.2, 0) is 6.42 Å². The molecule has 0 aromatic heterocycles. The lowest BCUT2D eigenvalue weighted by atomic mass is 9.75. The van der Waals surface area contributed by atoms with Crippen molar-refractivity contribution in [3.05, 3.63) is 47.5 Å². The fourth-order valence-corrected chi connectivity index (χ4v) is 4.57. The van der Waals surface area contributed by atoms with Gasteiger partial charge in [-0.3, -0.25) is 0 Å². The van der Waals surface area contributed by atoms with E-state index in [4.69, 9.17) is 0 Å². The van der Waals surface area contributed by atoms with Gasteiger partial charge in [0.05, 0.1) is 0 Å². The first-order valence-corrected chi connectivity index (χ1v) is 10.7. The summed E-state index contributed by atoms with van der Waals surface area (Å²) in [5.41, 5.74) is 3.07. The van der Waals surface area contributed by atoms with Crippen LogP contribution >= 0.6 is 0 Å². The molecule has 3 rings (SSSR count). The predicted molar refractivity (Wildman–Crippen MR) is 111 cm³/mol. The van der Waals surface area contributed by atoms with Crippen LogP contribution in [0.15, 0.2) is 36.4 Å². The molecule has 1 unspecified atom stereocenters. The average Bonchev–Trinajstić information content (AvgIpc) is 2.66. The summed E-state index contributed by atoms with van der Waals surface area (Å²) < 4.78 is 0. The molecule has 0 nitrogen and oxygen atoms in total. The topological polar surface area (TPSA) is 0 Å². The van der Waals surface area contributed by atoms with Crippen LogP contribution in [0.1, 0.15) is 89.2 Å². The molecule has 1 saturated carbocycles. The highest BCUT2D eigenvalue weighted by atomic mass is 14.3. The Morgan fingerprint density at radius 2 is 1.64 bits per heavy atom. The van der Waals surface area contributed by atoms with Crippen LogP contribution in [0.2, 0.25) is 0 Å². The standard InChI is InChI=1S/C25H36/c1-4-6-7-20-10-13-25-18-24(15-14-23(25)17-20)22-11-8-21(9-12-22)16-19(3)5-2/h10,13-15,17-19,21-22H,4-9,11-12,16H2,1-3H3. The van der Waals surface area contributed by atoms with Gasteiger partial charge in [-0.25, -0.2) is 0 Å². The predicted octanol–water partition coefficient (Wildman–Crippen LogP) is 7.89. The molecule has 25 heavy (non-hydrogen) atoms. The van der Waals surface area contributed by atoms with Gasteiger partial charge >= 0.3 is 0 Å². The molecule has 0 amide bonds. The average molecular weight is 337 g/mol. The Hall–Kier alpha value is -1.30. The van der Waals surface area contributed by atoms with E-state index in [2.05, 4.69) is 57.2 Å². The van der Waals surface area contributed by atoms with Gasteiger partial charge in [0, 0.05) is 0 Å². The van der Waals surface area contributed by atoms with Gasteiger partial charge in [-0.2, -0.15) is 0 Å². The van der Waals surface area contributed by atoms with Crippen LogP contribution in [0, 0.1) is 11.8 Å². The molecule has 2 aromatic rings. The number of rotatable bonds is 7. The van der Waals surface area contributed by atoms with Crippen molar-refractivity contribution in [1.29, 1.82) is 0 Å². The van der Waals surface area contributed by atoms with Crippen molar-refractivity contribution in [2.45, 2.75) is 84.5 Å². The third kappa shape index (κ3) is 4.87. The monoisotopic (exact) mass is 336 g/mol. The summed E-state index contributed by atoms with van der Waals surface area (Å²) in [6.45, 7) is 7.02. The SMILES string of the molecule is CCCCc1ccc2cc(C3CCC(CC(C)CC)CC3)ccc2c1. The molecule has 1 aliphatic carbocycles. The van der Waals surface area contributed by atoms with Crippen molar-refractivity contribution in [2.75, 3.05) is 0 Å². The zero-order chi connectivity index (χ0) is 17.6. The van der Waals surface area contributed by atoms with Crippen LogP contribution in [0.3, 0.4) is 0 Å². The lowest BCUT2D eigenvalue weighted by molar-refractivity contribution is 0.273. The van der Waals surface area contributed by atoms with Crippen LogP contribution in [0.5, 0.6) is 0 Å². The quantitative estimate of drug-likeness (QED) is 0.482. The maximum atomic E-state index is 2.47. The van der Waals surface area contributed by atoms with E-state index in [1.54, 1.807) is 5.56 Å². The normalized spacial score (nSPS) is 22.2. The highest BCUT2D eigenvalue weighted by Crippen LogP contribution is 2.39. The molecule has 0 saturated heterocycles. The van der Waals surface area contributed by atoms with Crippen molar-refractivity contribution >= 4 is 10.8 Å². The first-order valence-electron chi connectivity index (χ1n) is 10.7. The van der Waals surface area contributed by atoms with Gasteiger partial charge in [0.25, 0.3) is 0 Å². The van der Waals surface area contributed by atoms with E-state index in [1.165, 1.54) is 74.1 Å². The minimum atomic E-state index is 0.789. The van der Waals surface area contributed by atoms with Gasteiger partial charge in [-0.05, 0) is 84.6 Å². The van der Waals surface area contributed by atoms with Crippen molar-refractivity contribution in [1.82, 2.24) is 0 Å². The smallest absolute Gasteiger partial charge is 0.0162 e. The highest BCUT2D eigenvalue weighted by molar-refractivity contribution is 5.84. The van der Waals surface area contributed by atoms with Gasteiger partial charge in [0.1, 0.15) is 0 Å². The van der Waals surface area contributed by atoms with E-state index in [1.807, 2.05) is 0 Å². The zero-order valence-corrected chi connectivity index (χ0v) is 16.6. The second-order valence-electron chi connectivity index (χ2n) is 8.51. The van der Waals surface area contributed by atoms with E-state index in [0.717, 1.165) is 17.8 Å². The molecule has 0 spiro atoms. The van der Waals surface area contributed by atoms with Crippen LogP contribution in [0.25, 0.3) is 10.8 Å². The van der Waals surface area contributed by atoms with Crippen molar-refractivity contribution < 1.29 is 0 Å². The molecule has 1 fully saturated rings. The molecule has 0 radical (unpaired) electrons. The molecule has 0 bridgehead atoms. The van der Waals surface area contributed by atoms with Gasteiger partial charge in [0.2, 0.25) is 0 Å². The molecule has 1 aliphatic rings. The number of unbranched alkanes of at least 4 members (excludes halogenated alkanes) is 1. The number of hydrogen-bond donors (Lipinski definition) is 0. The number of fused-ring (bicyclic) bond motifs is 1. The van der Waals surface area contributed by atoms with E-state index >= 15 is 0 Å². The molecule has 0 heterocycles. The summed E-state index contributed by atoms with van der Waals surface area (Å²) >= 11 is 0. The zero-order valence-electron chi connectivity index (χ0n) is 16.6. The fraction of sp³-hybridized carbons (Fsp3) is 0.600. The summed E-state index contributed by atoms with van der Waals surface area (Å²) in [7, 11) is 0. The summed E-state index contributed by atoms with van der Waals surface area (Å²) in [5, 5.41) is 2.85. The van der Waals surface area contributed by atoms with Gasteiger partial charge in [-0.1, -0.05) is 70.0 Å². The Balaban J connectivity index is 1.64. The summed E-state index contributed by atoms with van der Waals surface area (Å²) in [5.74, 6) is 2.68. The maximum absolute atomic E-state index is 2.47. The summed E-state index contributed by atoms with van der Waals surface area (Å²) in [6.07, 6.45) is 12.2. The molecule has 2 aromatic carbocycles. The second-order valence-corrected chi connectivity index (χ2v) is 8.51. The second kappa shape index (κ2) is 8.88. The van der Waals surface area contributed by atoms with E-state index < -0.39 is 0 Å². The Bertz CT molecular complexity index is 661. The summed E-state index contributed by atoms with van der Waals surface area (Å²) in [4.78, 5) is 0. The molecule has 136 valence electrons. The molecule has 0 aliphatic heterocycles. The fourth-order valence-electron chi connectivity index (χ4n) is 4.57. The minimum absolute atomic E-state index is 0.789. The first kappa shape index (κ1) is 18.5. The first-order chi connectivity index (χ1) is 12.2. The Kier molecular flexibility index (Phi) is 6.57. The molecule has 0 heteroatoms. The van der Waals surface area contributed by atoms with E-state index in [-0.39, 0.29) is 0 Å². The lowest BCUT2D eigenvalue weighted by Crippen LogP contribution is -2.15. The lowest BCUT2D eigenvalue weighted by Gasteiger charge is -2.30. The molecular formula is C25H36. The Morgan fingerprint density at radius 1 is 0.920 bits per heavy atom. The number of aryl methyl sites for hydroxylation is 1. The maximum Gasteiger partial charge on any atom is -0.0162 e. The van der Waals surface area contributed by atoms with Crippen molar-refractivity contribution in [2.24, 2.45) is 11.8 Å². The largest absolute Gasteiger partial charge is 0.0654 e. The van der Waals surface area contributed by atoms with Crippen molar-refractivity contribution in [3.8, 4) is 0 Å². The Labute approximate surface area is 155 Å². The van der Waals surface area contributed by atoms with Crippen LogP contribution in [0.4, 0.5) is 0 Å². The van der Waals surface area contributed by atoms with E-state index in [0.29, 0.717) is 0 Å². The summed E-state index contributed by atoms with van der Waals surface area (Å²) in [6, 6.07) is 14.3. The van der Waals surface area contributed by atoms with Gasteiger partial charge < -0.3 is 0 Å². The number of hydrogen-bond acceptors (Lipinski definition) is 0. The molecule has 0 N–H and O–H groups in total. The molecular weight excluding hydrogens is 300 g/mol.